The molecular weight excluding hydrogens is 426 g/mol. The predicted octanol–water partition coefficient (Wildman–Crippen LogP) is 4.22. The molecule has 2 amide bonds. The van der Waals surface area contributed by atoms with Gasteiger partial charge in [0.15, 0.2) is 0 Å². The monoisotopic (exact) mass is 451 g/mol. The average molecular weight is 451 g/mol. The Kier molecular flexibility index (Phi) is 6.59. The van der Waals surface area contributed by atoms with Crippen molar-refractivity contribution in [3.8, 4) is 0 Å². The van der Waals surface area contributed by atoms with E-state index >= 15 is 0 Å². The highest BCUT2D eigenvalue weighted by Gasteiger charge is 2.37. The van der Waals surface area contributed by atoms with Crippen molar-refractivity contribution in [2.24, 2.45) is 5.41 Å². The molecule has 3 N–H and O–H groups in total. The molecule has 0 spiro atoms. The number of halogens is 4. The van der Waals surface area contributed by atoms with Crippen molar-refractivity contribution in [3.05, 3.63) is 71.0 Å². The number of carbonyl (C=O) groups is 2. The van der Waals surface area contributed by atoms with Gasteiger partial charge < -0.3 is 10.6 Å². The summed E-state index contributed by atoms with van der Waals surface area (Å²) in [6.07, 6.45) is -5.48. The second-order valence-electron chi connectivity index (χ2n) is 8.88. The number of alkyl halides is 3. The van der Waals surface area contributed by atoms with Crippen LogP contribution >= 0.6 is 0 Å². The molecule has 0 radical (unpaired) electrons. The fourth-order valence-corrected chi connectivity index (χ4v) is 3.68. The molecular formula is C23H25F4N3O2. The molecule has 3 rings (SSSR count). The van der Waals surface area contributed by atoms with Gasteiger partial charge in [-0.05, 0) is 28.7 Å². The normalized spacial score (nSPS) is 20.4. The maximum Gasteiger partial charge on any atom is 0.419 e. The van der Waals surface area contributed by atoms with Crippen LogP contribution in [-0.4, -0.2) is 17.9 Å². The van der Waals surface area contributed by atoms with E-state index in [0.717, 1.165) is 17.7 Å². The maximum atomic E-state index is 14.2. The predicted molar refractivity (Wildman–Crippen MR) is 111 cm³/mol. The van der Waals surface area contributed by atoms with Crippen LogP contribution in [0.5, 0.6) is 0 Å². The summed E-state index contributed by atoms with van der Waals surface area (Å²) in [5, 5.41) is 8.65. The van der Waals surface area contributed by atoms with E-state index in [9.17, 15) is 27.2 Å². The molecule has 3 atom stereocenters. The molecule has 9 heteroatoms. The van der Waals surface area contributed by atoms with Gasteiger partial charge in [0.2, 0.25) is 11.8 Å². The van der Waals surface area contributed by atoms with E-state index in [2.05, 4.69) is 16.0 Å². The molecule has 1 saturated heterocycles. The molecule has 1 fully saturated rings. The summed E-state index contributed by atoms with van der Waals surface area (Å²) in [5.74, 6) is -2.22. The maximum absolute atomic E-state index is 14.2. The van der Waals surface area contributed by atoms with E-state index in [0.29, 0.717) is 6.07 Å². The molecule has 172 valence electrons. The minimum Gasteiger partial charge on any atom is -0.347 e. The number of hydrogen-bond donors (Lipinski definition) is 3. The van der Waals surface area contributed by atoms with Crippen molar-refractivity contribution in [3.63, 3.8) is 0 Å². The van der Waals surface area contributed by atoms with Crippen LogP contribution in [0.2, 0.25) is 0 Å². The quantitative estimate of drug-likeness (QED) is 0.610. The Balaban J connectivity index is 1.82. The zero-order valence-corrected chi connectivity index (χ0v) is 17.9. The van der Waals surface area contributed by atoms with Crippen LogP contribution in [0.25, 0.3) is 0 Å². The lowest BCUT2D eigenvalue weighted by Gasteiger charge is -2.36. The summed E-state index contributed by atoms with van der Waals surface area (Å²) in [6, 6.07) is 10.0. The van der Waals surface area contributed by atoms with Crippen LogP contribution < -0.4 is 16.0 Å². The Labute approximate surface area is 183 Å². The molecule has 5 nitrogen and oxygen atoms in total. The van der Waals surface area contributed by atoms with Crippen molar-refractivity contribution in [2.75, 3.05) is 0 Å². The number of amides is 2. The first-order chi connectivity index (χ1) is 14.9. The van der Waals surface area contributed by atoms with Crippen LogP contribution in [0.1, 0.15) is 56.1 Å². The summed E-state index contributed by atoms with van der Waals surface area (Å²) < 4.78 is 53.0. The Morgan fingerprint density at radius 3 is 2.31 bits per heavy atom. The second kappa shape index (κ2) is 8.90. The molecule has 32 heavy (non-hydrogen) atoms. The second-order valence-corrected chi connectivity index (χ2v) is 8.88. The van der Waals surface area contributed by atoms with Gasteiger partial charge >= 0.3 is 6.18 Å². The van der Waals surface area contributed by atoms with Gasteiger partial charge in [-0.2, -0.15) is 13.2 Å². The minimum atomic E-state index is -4.81. The molecule has 1 aliphatic heterocycles. The molecule has 0 saturated carbocycles. The van der Waals surface area contributed by atoms with E-state index in [1.807, 2.05) is 18.2 Å². The number of rotatable bonds is 4. The van der Waals surface area contributed by atoms with E-state index < -0.39 is 47.1 Å². The Hall–Kier alpha value is -2.94. The lowest BCUT2D eigenvalue weighted by molar-refractivity contribution is -0.140. The van der Waals surface area contributed by atoms with Crippen molar-refractivity contribution < 1.29 is 27.2 Å². The molecule has 1 aliphatic rings. The van der Waals surface area contributed by atoms with Crippen LogP contribution in [0, 0.1) is 11.2 Å². The standard InChI is InChI=1S/C23H25F4N3O2/c1-22(2,3)19(14-9-10-15(16(24)11-14)23(25,26)27)30-21(32)17-12-18(31)29-20(28-17)13-7-5-4-6-8-13/h4-11,17,19-20,28H,12H2,1-3H3,(H,29,31)(H,30,32)/t17?,19-,20?/m0/s1. The van der Waals surface area contributed by atoms with E-state index in [1.54, 1.807) is 32.9 Å². The Morgan fingerprint density at radius 2 is 1.75 bits per heavy atom. The van der Waals surface area contributed by atoms with Gasteiger partial charge in [0.1, 0.15) is 12.0 Å². The minimum absolute atomic E-state index is 0.104. The summed E-state index contributed by atoms with van der Waals surface area (Å²) in [5.41, 5.74) is -1.03. The topological polar surface area (TPSA) is 70.2 Å². The molecule has 2 aromatic rings. The molecule has 1 heterocycles. The van der Waals surface area contributed by atoms with Crippen LogP contribution in [0.4, 0.5) is 17.6 Å². The van der Waals surface area contributed by atoms with Crippen molar-refractivity contribution >= 4 is 11.8 Å². The van der Waals surface area contributed by atoms with Crippen molar-refractivity contribution in [1.82, 2.24) is 16.0 Å². The Morgan fingerprint density at radius 1 is 1.09 bits per heavy atom. The van der Waals surface area contributed by atoms with Gasteiger partial charge in [0, 0.05) is 0 Å². The Bertz CT molecular complexity index is 987. The molecule has 0 aromatic heterocycles. The zero-order chi connectivity index (χ0) is 23.7. The third kappa shape index (κ3) is 5.45. The highest BCUT2D eigenvalue weighted by molar-refractivity contribution is 5.90. The first kappa shape index (κ1) is 23.7. The number of carbonyl (C=O) groups excluding carboxylic acids is 2. The van der Waals surface area contributed by atoms with Gasteiger partial charge in [-0.15, -0.1) is 0 Å². The first-order valence-electron chi connectivity index (χ1n) is 10.1. The van der Waals surface area contributed by atoms with Crippen molar-refractivity contribution in [1.29, 1.82) is 0 Å². The summed E-state index contributed by atoms with van der Waals surface area (Å²) in [6.45, 7) is 5.34. The fourth-order valence-electron chi connectivity index (χ4n) is 3.68. The van der Waals surface area contributed by atoms with Gasteiger partial charge in [0.25, 0.3) is 0 Å². The average Bonchev–Trinajstić information content (AvgIpc) is 2.70. The van der Waals surface area contributed by atoms with Gasteiger partial charge in [-0.3, -0.25) is 14.9 Å². The van der Waals surface area contributed by atoms with Crippen LogP contribution in [0.3, 0.4) is 0 Å². The van der Waals surface area contributed by atoms with Gasteiger partial charge in [0.05, 0.1) is 24.1 Å². The molecule has 2 aromatic carbocycles. The number of hydrogen-bond acceptors (Lipinski definition) is 3. The SMILES string of the molecule is CC(C)(C)[C@@H](NC(=O)C1CC(=O)NC(c2ccccc2)N1)c1ccc(C(F)(F)F)c(F)c1. The summed E-state index contributed by atoms with van der Waals surface area (Å²) in [4.78, 5) is 25.2. The fraction of sp³-hybridized carbons (Fsp3) is 0.391. The highest BCUT2D eigenvalue weighted by Crippen LogP contribution is 2.37. The summed E-state index contributed by atoms with van der Waals surface area (Å²) in [7, 11) is 0. The largest absolute Gasteiger partial charge is 0.419 e. The number of nitrogens with one attached hydrogen (secondary N) is 3. The van der Waals surface area contributed by atoms with E-state index in [4.69, 9.17) is 0 Å². The van der Waals surface area contributed by atoms with Crippen LogP contribution in [-0.2, 0) is 15.8 Å². The van der Waals surface area contributed by atoms with Gasteiger partial charge in [-0.1, -0.05) is 57.2 Å². The highest BCUT2D eigenvalue weighted by atomic mass is 19.4. The molecule has 0 aliphatic carbocycles. The smallest absolute Gasteiger partial charge is 0.347 e. The van der Waals surface area contributed by atoms with Crippen LogP contribution in [0.15, 0.2) is 48.5 Å². The lowest BCUT2D eigenvalue weighted by atomic mass is 9.81. The van der Waals surface area contributed by atoms with Gasteiger partial charge in [-0.25, -0.2) is 4.39 Å². The van der Waals surface area contributed by atoms with E-state index in [1.165, 1.54) is 0 Å². The molecule has 2 unspecified atom stereocenters. The lowest BCUT2D eigenvalue weighted by Crippen LogP contribution is -2.57. The zero-order valence-electron chi connectivity index (χ0n) is 17.9. The summed E-state index contributed by atoms with van der Waals surface area (Å²) >= 11 is 0. The van der Waals surface area contributed by atoms with Crippen molar-refractivity contribution in [2.45, 2.75) is 51.6 Å². The first-order valence-corrected chi connectivity index (χ1v) is 10.1. The third-order valence-electron chi connectivity index (χ3n) is 5.30. The molecule has 0 bridgehead atoms. The number of benzene rings is 2. The third-order valence-corrected chi connectivity index (χ3v) is 5.30. The van der Waals surface area contributed by atoms with E-state index in [-0.39, 0.29) is 17.9 Å².